The first-order valence-corrected chi connectivity index (χ1v) is 11.1. The van der Waals surface area contributed by atoms with Crippen LogP contribution in [0.5, 0.6) is 0 Å². The van der Waals surface area contributed by atoms with Gasteiger partial charge in [-0.05, 0) is 55.6 Å². The highest BCUT2D eigenvalue weighted by Gasteiger charge is 2.21. The molecule has 160 valence electrons. The zero-order valence-corrected chi connectivity index (χ0v) is 18.0. The van der Waals surface area contributed by atoms with Gasteiger partial charge in [0.1, 0.15) is 0 Å². The van der Waals surface area contributed by atoms with Gasteiger partial charge in [0.2, 0.25) is 5.91 Å². The lowest BCUT2D eigenvalue weighted by atomic mass is 10.1. The molecule has 2 amide bonds. The Kier molecular flexibility index (Phi) is 8.45. The van der Waals surface area contributed by atoms with E-state index < -0.39 is 0 Å². The first-order chi connectivity index (χ1) is 14.7. The summed E-state index contributed by atoms with van der Waals surface area (Å²) in [6.45, 7) is 6.63. The van der Waals surface area contributed by atoms with E-state index in [4.69, 9.17) is 0 Å². The van der Waals surface area contributed by atoms with Crippen LogP contribution in [-0.4, -0.2) is 42.9 Å². The molecule has 1 heterocycles. The lowest BCUT2D eigenvalue weighted by Crippen LogP contribution is -2.30. The van der Waals surface area contributed by atoms with Crippen LogP contribution in [0.2, 0.25) is 0 Å². The highest BCUT2D eigenvalue weighted by molar-refractivity contribution is 5.97. The van der Waals surface area contributed by atoms with Gasteiger partial charge in [-0.3, -0.25) is 14.5 Å². The molecule has 1 N–H and O–H groups in total. The molecule has 2 aromatic carbocycles. The number of carbonyl (C=O) groups excluding carboxylic acids is 2. The lowest BCUT2D eigenvalue weighted by molar-refractivity contribution is -0.117. The topological polar surface area (TPSA) is 52.7 Å². The summed E-state index contributed by atoms with van der Waals surface area (Å²) in [5.41, 5.74) is 2.84. The number of unbranched alkanes of at least 4 members (excludes halogenated alkanes) is 1. The number of nitrogens with one attached hydrogen (secondary N) is 1. The van der Waals surface area contributed by atoms with E-state index in [-0.39, 0.29) is 11.8 Å². The molecular weight excluding hydrogens is 374 g/mol. The van der Waals surface area contributed by atoms with E-state index in [1.807, 2.05) is 18.2 Å². The van der Waals surface area contributed by atoms with Gasteiger partial charge in [-0.15, -0.1) is 0 Å². The molecule has 0 spiro atoms. The van der Waals surface area contributed by atoms with Gasteiger partial charge in [-0.25, -0.2) is 0 Å². The lowest BCUT2D eigenvalue weighted by Gasteiger charge is -2.22. The molecule has 3 rings (SSSR count). The van der Waals surface area contributed by atoms with Gasteiger partial charge >= 0.3 is 0 Å². The van der Waals surface area contributed by atoms with Gasteiger partial charge in [0.05, 0.1) is 0 Å². The fourth-order valence-electron chi connectivity index (χ4n) is 3.81. The molecule has 1 aliphatic heterocycles. The maximum Gasteiger partial charge on any atom is 0.251 e. The van der Waals surface area contributed by atoms with Crippen molar-refractivity contribution in [3.8, 4) is 0 Å². The van der Waals surface area contributed by atoms with Crippen molar-refractivity contribution in [3.05, 3.63) is 65.7 Å². The van der Waals surface area contributed by atoms with Crippen LogP contribution in [0.4, 0.5) is 5.69 Å². The predicted octanol–water partition coefficient (Wildman–Crippen LogP) is 4.24. The molecule has 2 aromatic rings. The molecule has 1 fully saturated rings. The third kappa shape index (κ3) is 6.42. The van der Waals surface area contributed by atoms with E-state index in [0.717, 1.165) is 44.7 Å². The van der Waals surface area contributed by atoms with Gasteiger partial charge in [0, 0.05) is 43.9 Å². The summed E-state index contributed by atoms with van der Waals surface area (Å²) in [4.78, 5) is 28.5. The fraction of sp³-hybridized carbons (Fsp3) is 0.440. The van der Waals surface area contributed by atoms with Gasteiger partial charge in [-0.1, -0.05) is 43.7 Å². The number of hydrogen-bond acceptors (Lipinski definition) is 3. The third-order valence-electron chi connectivity index (χ3n) is 5.53. The molecule has 0 aliphatic carbocycles. The Labute approximate surface area is 180 Å². The number of hydrogen-bond donors (Lipinski definition) is 1. The average molecular weight is 408 g/mol. The fourth-order valence-corrected chi connectivity index (χ4v) is 3.81. The zero-order valence-electron chi connectivity index (χ0n) is 18.0. The van der Waals surface area contributed by atoms with Crippen molar-refractivity contribution < 1.29 is 9.59 Å². The van der Waals surface area contributed by atoms with Crippen LogP contribution in [0, 0.1) is 0 Å². The summed E-state index contributed by atoms with van der Waals surface area (Å²) in [7, 11) is 0. The molecule has 0 radical (unpaired) electrons. The number of carbonyl (C=O) groups is 2. The summed E-state index contributed by atoms with van der Waals surface area (Å²) in [5.74, 6) is 0.104. The van der Waals surface area contributed by atoms with Crippen LogP contribution in [0.15, 0.2) is 54.6 Å². The van der Waals surface area contributed by atoms with Crippen LogP contribution < -0.4 is 10.2 Å². The normalized spacial score (nSPS) is 13.8. The minimum Gasteiger partial charge on any atom is -0.352 e. The summed E-state index contributed by atoms with van der Waals surface area (Å²) in [6.07, 6.45) is 4.80. The van der Waals surface area contributed by atoms with E-state index in [1.165, 1.54) is 18.4 Å². The number of rotatable bonds is 11. The molecule has 0 bridgehead atoms. The van der Waals surface area contributed by atoms with E-state index in [0.29, 0.717) is 18.5 Å². The third-order valence-corrected chi connectivity index (χ3v) is 5.53. The number of anilines is 1. The molecule has 0 atom stereocenters. The quantitative estimate of drug-likeness (QED) is 0.567. The van der Waals surface area contributed by atoms with Gasteiger partial charge in [-0.2, -0.15) is 0 Å². The Balaban J connectivity index is 1.43. The van der Waals surface area contributed by atoms with Crippen LogP contribution in [0.1, 0.15) is 54.9 Å². The SMILES string of the molecule is CCCCN(CCCNC(=O)c1ccc(N2CCCC2=O)cc1)Cc1ccccc1. The van der Waals surface area contributed by atoms with Crippen molar-refractivity contribution in [1.29, 1.82) is 0 Å². The van der Waals surface area contributed by atoms with E-state index >= 15 is 0 Å². The number of benzene rings is 2. The Morgan fingerprint density at radius 1 is 1.03 bits per heavy atom. The molecular formula is C25H33N3O2. The van der Waals surface area contributed by atoms with Crippen molar-refractivity contribution in [2.45, 2.75) is 45.6 Å². The summed E-state index contributed by atoms with van der Waals surface area (Å²) >= 11 is 0. The van der Waals surface area contributed by atoms with Crippen molar-refractivity contribution >= 4 is 17.5 Å². The van der Waals surface area contributed by atoms with Crippen molar-refractivity contribution in [2.75, 3.05) is 31.1 Å². The highest BCUT2D eigenvalue weighted by Crippen LogP contribution is 2.21. The second-order valence-electron chi connectivity index (χ2n) is 7.92. The monoisotopic (exact) mass is 407 g/mol. The summed E-state index contributed by atoms with van der Waals surface area (Å²) < 4.78 is 0. The number of amides is 2. The van der Waals surface area contributed by atoms with Gasteiger partial charge in [0.15, 0.2) is 0 Å². The Bertz CT molecular complexity index is 805. The second kappa shape index (κ2) is 11.5. The van der Waals surface area contributed by atoms with E-state index in [1.54, 1.807) is 17.0 Å². The second-order valence-corrected chi connectivity index (χ2v) is 7.92. The molecule has 0 aromatic heterocycles. The Morgan fingerprint density at radius 2 is 1.77 bits per heavy atom. The Hall–Kier alpha value is -2.66. The van der Waals surface area contributed by atoms with Gasteiger partial charge < -0.3 is 10.2 Å². The van der Waals surface area contributed by atoms with E-state index in [2.05, 4.69) is 41.4 Å². The van der Waals surface area contributed by atoms with Crippen molar-refractivity contribution in [1.82, 2.24) is 10.2 Å². The molecule has 30 heavy (non-hydrogen) atoms. The summed E-state index contributed by atoms with van der Waals surface area (Å²) in [6, 6.07) is 17.9. The minimum atomic E-state index is -0.0579. The van der Waals surface area contributed by atoms with Gasteiger partial charge in [0.25, 0.3) is 5.91 Å². The van der Waals surface area contributed by atoms with E-state index in [9.17, 15) is 9.59 Å². The molecule has 5 nitrogen and oxygen atoms in total. The highest BCUT2D eigenvalue weighted by atomic mass is 16.2. The van der Waals surface area contributed by atoms with Crippen LogP contribution in [0.25, 0.3) is 0 Å². The average Bonchev–Trinajstić information content (AvgIpc) is 3.21. The first-order valence-electron chi connectivity index (χ1n) is 11.1. The smallest absolute Gasteiger partial charge is 0.251 e. The largest absolute Gasteiger partial charge is 0.352 e. The van der Waals surface area contributed by atoms with Crippen molar-refractivity contribution in [2.24, 2.45) is 0 Å². The zero-order chi connectivity index (χ0) is 21.2. The maximum absolute atomic E-state index is 12.4. The van der Waals surface area contributed by atoms with Crippen LogP contribution >= 0.6 is 0 Å². The van der Waals surface area contributed by atoms with Crippen molar-refractivity contribution in [3.63, 3.8) is 0 Å². The first kappa shape index (κ1) is 22.0. The minimum absolute atomic E-state index is 0.0579. The molecule has 5 heteroatoms. The summed E-state index contributed by atoms with van der Waals surface area (Å²) in [5, 5.41) is 3.03. The standard InChI is InChI=1S/C25H33N3O2/c1-2-3-17-27(20-21-9-5-4-6-10-21)18-8-16-26-25(30)22-12-14-23(15-13-22)28-19-7-11-24(28)29/h4-6,9-10,12-15H,2-3,7-8,11,16-20H2,1H3,(H,26,30). The predicted molar refractivity (Wildman–Crippen MR) is 122 cm³/mol. The molecule has 1 saturated heterocycles. The van der Waals surface area contributed by atoms with Crippen LogP contribution in [0.3, 0.4) is 0 Å². The maximum atomic E-state index is 12.4. The Morgan fingerprint density at radius 3 is 2.43 bits per heavy atom. The molecule has 1 aliphatic rings. The molecule has 0 saturated carbocycles. The molecule has 0 unspecified atom stereocenters. The number of nitrogens with zero attached hydrogens (tertiary/aromatic N) is 2. The van der Waals surface area contributed by atoms with Crippen LogP contribution in [-0.2, 0) is 11.3 Å².